The average Bonchev–Trinajstić information content (AvgIpc) is 2.61. The van der Waals surface area contributed by atoms with Crippen LogP contribution >= 0.6 is 11.6 Å². The Morgan fingerprint density at radius 1 is 1.40 bits per heavy atom. The van der Waals surface area contributed by atoms with Gasteiger partial charge in [0.15, 0.2) is 0 Å². The van der Waals surface area contributed by atoms with Crippen LogP contribution in [0.4, 0.5) is 4.79 Å². The van der Waals surface area contributed by atoms with Gasteiger partial charge in [-0.3, -0.25) is 9.59 Å². The van der Waals surface area contributed by atoms with Gasteiger partial charge >= 0.3 is 12.0 Å². The maximum absolute atomic E-state index is 11.8. The fraction of sp³-hybridized carbons (Fsp3) is 0.0833. The third kappa shape index (κ3) is 2.72. The number of carbonyl (C=O) groups excluding carboxylic acids is 2. The summed E-state index contributed by atoms with van der Waals surface area (Å²) in [6, 6.07) is 3.44. The van der Waals surface area contributed by atoms with E-state index in [-0.39, 0.29) is 16.5 Å². The van der Waals surface area contributed by atoms with Crippen LogP contribution in [0.25, 0.3) is 6.08 Å². The molecule has 0 aromatic heterocycles. The Balaban J connectivity index is 2.27. The number of aliphatic carboxylic acids is 1. The van der Waals surface area contributed by atoms with Gasteiger partial charge in [0.25, 0.3) is 5.91 Å². The molecule has 104 valence electrons. The molecule has 1 saturated heterocycles. The quantitative estimate of drug-likeness (QED) is 0.570. The van der Waals surface area contributed by atoms with Crippen molar-refractivity contribution in [3.8, 4) is 5.75 Å². The molecule has 0 radical (unpaired) electrons. The largest absolute Gasteiger partial charge is 0.506 e. The van der Waals surface area contributed by atoms with E-state index in [4.69, 9.17) is 16.7 Å². The third-order valence-electron chi connectivity index (χ3n) is 2.54. The molecule has 0 aliphatic carbocycles. The minimum Gasteiger partial charge on any atom is -0.506 e. The number of hydrogen-bond donors (Lipinski definition) is 3. The van der Waals surface area contributed by atoms with E-state index in [1.807, 2.05) is 0 Å². The minimum absolute atomic E-state index is 0.0574. The van der Waals surface area contributed by atoms with Crippen molar-refractivity contribution in [2.24, 2.45) is 0 Å². The first kappa shape index (κ1) is 13.9. The monoisotopic (exact) mass is 296 g/mol. The van der Waals surface area contributed by atoms with Crippen molar-refractivity contribution in [2.75, 3.05) is 6.54 Å². The van der Waals surface area contributed by atoms with Gasteiger partial charge in [0.05, 0.1) is 5.02 Å². The zero-order valence-corrected chi connectivity index (χ0v) is 10.7. The molecule has 1 fully saturated rings. The third-order valence-corrected chi connectivity index (χ3v) is 2.84. The first-order valence-electron chi connectivity index (χ1n) is 5.43. The van der Waals surface area contributed by atoms with Gasteiger partial charge in [-0.1, -0.05) is 17.7 Å². The molecule has 0 bridgehead atoms. The molecule has 0 saturated carbocycles. The van der Waals surface area contributed by atoms with Crippen LogP contribution in [0.2, 0.25) is 5.02 Å². The first-order chi connectivity index (χ1) is 9.38. The number of hydrogen-bond acceptors (Lipinski definition) is 4. The molecule has 3 N–H and O–H groups in total. The van der Waals surface area contributed by atoms with Gasteiger partial charge in [0, 0.05) is 0 Å². The summed E-state index contributed by atoms with van der Waals surface area (Å²) in [5.74, 6) is -2.13. The maximum atomic E-state index is 11.8. The molecule has 0 unspecified atom stereocenters. The van der Waals surface area contributed by atoms with Crippen LogP contribution in [0.5, 0.6) is 5.75 Å². The summed E-state index contributed by atoms with van der Waals surface area (Å²) < 4.78 is 0. The number of nitrogens with one attached hydrogen (secondary N) is 1. The van der Waals surface area contributed by atoms with Crippen LogP contribution < -0.4 is 5.32 Å². The van der Waals surface area contributed by atoms with Crippen LogP contribution in [-0.2, 0) is 9.59 Å². The van der Waals surface area contributed by atoms with E-state index in [2.05, 4.69) is 5.32 Å². The number of imide groups is 1. The molecular formula is C12H9ClN2O5. The Hall–Kier alpha value is -2.54. The van der Waals surface area contributed by atoms with Gasteiger partial charge < -0.3 is 15.5 Å². The molecule has 1 aromatic carbocycles. The van der Waals surface area contributed by atoms with Gasteiger partial charge in [-0.25, -0.2) is 9.69 Å². The van der Waals surface area contributed by atoms with Crippen molar-refractivity contribution in [1.29, 1.82) is 0 Å². The Morgan fingerprint density at radius 2 is 2.10 bits per heavy atom. The fourth-order valence-corrected chi connectivity index (χ4v) is 1.82. The Labute approximate surface area is 118 Å². The van der Waals surface area contributed by atoms with Crippen molar-refractivity contribution < 1.29 is 24.6 Å². The van der Waals surface area contributed by atoms with Crippen molar-refractivity contribution in [1.82, 2.24) is 10.2 Å². The summed E-state index contributed by atoms with van der Waals surface area (Å²) >= 11 is 5.72. The van der Waals surface area contributed by atoms with Crippen LogP contribution in [0.3, 0.4) is 0 Å². The number of carboxylic acids is 1. The van der Waals surface area contributed by atoms with Gasteiger partial charge in [0.1, 0.15) is 18.0 Å². The second-order valence-electron chi connectivity index (χ2n) is 3.98. The van der Waals surface area contributed by atoms with Crippen LogP contribution in [-0.4, -0.2) is 39.6 Å². The van der Waals surface area contributed by atoms with Crippen molar-refractivity contribution >= 4 is 35.6 Å². The maximum Gasteiger partial charge on any atom is 0.329 e. The predicted octanol–water partition coefficient (Wildman–Crippen LogP) is 1.02. The fourth-order valence-electron chi connectivity index (χ4n) is 1.63. The van der Waals surface area contributed by atoms with Gasteiger partial charge in [0.2, 0.25) is 0 Å². The summed E-state index contributed by atoms with van der Waals surface area (Å²) in [6.07, 6.45) is 1.34. The molecular weight excluding hydrogens is 288 g/mol. The molecule has 1 aliphatic heterocycles. The van der Waals surface area contributed by atoms with Gasteiger partial charge in [-0.2, -0.15) is 0 Å². The number of phenolic OH excluding ortho intramolecular Hbond substituents is 1. The predicted molar refractivity (Wildman–Crippen MR) is 69.0 cm³/mol. The Bertz CT molecular complexity index is 641. The SMILES string of the molecule is O=C(O)CN1C(=O)N/C(=C/c2ccc(O)c(Cl)c2)C1=O. The zero-order chi connectivity index (χ0) is 14.9. The zero-order valence-electron chi connectivity index (χ0n) is 9.96. The average molecular weight is 297 g/mol. The lowest BCUT2D eigenvalue weighted by Gasteiger charge is -2.06. The number of halogens is 1. The van der Waals surface area contributed by atoms with Crippen LogP contribution in [0.15, 0.2) is 23.9 Å². The summed E-state index contributed by atoms with van der Waals surface area (Å²) in [5, 5.41) is 20.3. The lowest BCUT2D eigenvalue weighted by atomic mass is 10.2. The first-order valence-corrected chi connectivity index (χ1v) is 5.81. The normalized spacial score (nSPS) is 16.6. The van der Waals surface area contributed by atoms with E-state index in [0.29, 0.717) is 10.5 Å². The second kappa shape index (κ2) is 5.22. The molecule has 2 rings (SSSR count). The molecule has 3 amide bonds. The van der Waals surface area contributed by atoms with Crippen molar-refractivity contribution in [2.45, 2.75) is 0 Å². The number of carbonyl (C=O) groups is 3. The number of nitrogens with zero attached hydrogens (tertiary/aromatic N) is 1. The molecule has 1 aliphatic rings. The highest BCUT2D eigenvalue weighted by molar-refractivity contribution is 6.32. The highest BCUT2D eigenvalue weighted by Gasteiger charge is 2.34. The lowest BCUT2D eigenvalue weighted by molar-refractivity contribution is -0.140. The molecule has 0 atom stereocenters. The van der Waals surface area contributed by atoms with E-state index < -0.39 is 24.5 Å². The molecule has 1 heterocycles. The van der Waals surface area contributed by atoms with Gasteiger partial charge in [-0.05, 0) is 23.8 Å². The standard InChI is InChI=1S/C12H9ClN2O5/c13-7-3-6(1-2-9(7)16)4-8-11(19)15(5-10(17)18)12(20)14-8/h1-4,16H,5H2,(H,14,20)(H,17,18)/b8-4+. The molecule has 8 heteroatoms. The number of benzene rings is 1. The van der Waals surface area contributed by atoms with E-state index in [9.17, 15) is 19.5 Å². The van der Waals surface area contributed by atoms with Crippen molar-refractivity contribution in [3.05, 3.63) is 34.5 Å². The van der Waals surface area contributed by atoms with Gasteiger partial charge in [-0.15, -0.1) is 0 Å². The van der Waals surface area contributed by atoms with E-state index in [1.165, 1.54) is 24.3 Å². The number of phenols is 1. The molecule has 7 nitrogen and oxygen atoms in total. The summed E-state index contributed by atoms with van der Waals surface area (Å²) in [5.41, 5.74) is 0.423. The highest BCUT2D eigenvalue weighted by atomic mass is 35.5. The number of rotatable bonds is 3. The van der Waals surface area contributed by atoms with Crippen LogP contribution in [0, 0.1) is 0 Å². The smallest absolute Gasteiger partial charge is 0.329 e. The van der Waals surface area contributed by atoms with E-state index >= 15 is 0 Å². The highest BCUT2D eigenvalue weighted by Crippen LogP contribution is 2.25. The summed E-state index contributed by atoms with van der Waals surface area (Å²) in [6.45, 7) is -0.710. The van der Waals surface area contributed by atoms with Crippen molar-refractivity contribution in [3.63, 3.8) is 0 Å². The lowest BCUT2D eigenvalue weighted by Crippen LogP contribution is -2.35. The number of amides is 3. The number of aromatic hydroxyl groups is 1. The molecule has 1 aromatic rings. The van der Waals surface area contributed by atoms with E-state index in [1.54, 1.807) is 0 Å². The van der Waals surface area contributed by atoms with Crippen LogP contribution in [0.1, 0.15) is 5.56 Å². The Morgan fingerprint density at radius 3 is 2.70 bits per heavy atom. The molecule has 20 heavy (non-hydrogen) atoms. The summed E-state index contributed by atoms with van der Waals surface area (Å²) in [4.78, 5) is 34.4. The van der Waals surface area contributed by atoms with E-state index in [0.717, 1.165) is 0 Å². The molecule has 0 spiro atoms. The summed E-state index contributed by atoms with van der Waals surface area (Å²) in [7, 11) is 0. The topological polar surface area (TPSA) is 107 Å². The number of urea groups is 1. The minimum atomic E-state index is -1.29. The number of carboxylic acid groups (broad SMARTS) is 1. The second-order valence-corrected chi connectivity index (χ2v) is 4.39. The Kier molecular flexibility index (Phi) is 3.62.